The van der Waals surface area contributed by atoms with Crippen LogP contribution in [0.5, 0.6) is 0 Å². The molecule has 2 heterocycles. The summed E-state index contributed by atoms with van der Waals surface area (Å²) in [6, 6.07) is 3.47. The summed E-state index contributed by atoms with van der Waals surface area (Å²) in [7, 11) is 2.24. The molecule has 1 aliphatic heterocycles. The molecule has 1 aromatic rings. The molecule has 2 unspecified atom stereocenters. The maximum Gasteiger partial charge on any atom is 0.0388 e. The average molecular weight is 192 g/mol. The highest BCUT2D eigenvalue weighted by molar-refractivity contribution is 5.28. The normalized spacial score (nSPS) is 28.1. The zero-order valence-corrected chi connectivity index (χ0v) is 9.54. The molecule has 0 fully saturated rings. The lowest BCUT2D eigenvalue weighted by Crippen LogP contribution is -2.41. The smallest absolute Gasteiger partial charge is 0.0388 e. The standard InChI is InChI=1S/C12H20N2/c1-8(2)12-10-5-6-13-11(10)7-9(3)14(12)4/h5-6,8-9,12-13H,7H2,1-4H3. The van der Waals surface area contributed by atoms with Crippen molar-refractivity contribution in [2.75, 3.05) is 7.05 Å². The molecule has 0 aliphatic carbocycles. The number of aromatic nitrogens is 1. The summed E-state index contributed by atoms with van der Waals surface area (Å²) in [5, 5.41) is 0. The second kappa shape index (κ2) is 3.43. The van der Waals surface area contributed by atoms with Crippen molar-refractivity contribution in [2.24, 2.45) is 5.92 Å². The summed E-state index contributed by atoms with van der Waals surface area (Å²) in [5.41, 5.74) is 2.94. The number of hydrogen-bond donors (Lipinski definition) is 1. The van der Waals surface area contributed by atoms with E-state index < -0.39 is 0 Å². The van der Waals surface area contributed by atoms with Crippen molar-refractivity contribution in [3.63, 3.8) is 0 Å². The van der Waals surface area contributed by atoms with Crippen molar-refractivity contribution in [2.45, 2.75) is 39.3 Å². The Morgan fingerprint density at radius 3 is 2.86 bits per heavy atom. The van der Waals surface area contributed by atoms with Gasteiger partial charge in [0.2, 0.25) is 0 Å². The van der Waals surface area contributed by atoms with Gasteiger partial charge in [-0.2, -0.15) is 0 Å². The number of aromatic amines is 1. The highest BCUT2D eigenvalue weighted by Gasteiger charge is 2.31. The van der Waals surface area contributed by atoms with Crippen LogP contribution in [0.2, 0.25) is 0 Å². The topological polar surface area (TPSA) is 19.0 Å². The van der Waals surface area contributed by atoms with Gasteiger partial charge in [-0.05, 0) is 31.5 Å². The molecular weight excluding hydrogens is 172 g/mol. The van der Waals surface area contributed by atoms with Crippen molar-refractivity contribution < 1.29 is 0 Å². The molecule has 0 aromatic carbocycles. The Hall–Kier alpha value is -0.760. The van der Waals surface area contributed by atoms with Crippen LogP contribution in [0.1, 0.15) is 38.1 Å². The van der Waals surface area contributed by atoms with E-state index in [4.69, 9.17) is 0 Å². The number of nitrogens with one attached hydrogen (secondary N) is 1. The molecule has 2 atom stereocenters. The molecule has 0 saturated carbocycles. The fourth-order valence-electron chi connectivity index (χ4n) is 2.63. The Labute approximate surface area is 86.3 Å². The summed E-state index contributed by atoms with van der Waals surface area (Å²) < 4.78 is 0. The summed E-state index contributed by atoms with van der Waals surface area (Å²) in [6.45, 7) is 6.91. The molecule has 0 spiro atoms. The van der Waals surface area contributed by atoms with Crippen LogP contribution in [-0.4, -0.2) is 23.0 Å². The average Bonchev–Trinajstić information content (AvgIpc) is 2.52. The first-order chi connectivity index (χ1) is 6.61. The van der Waals surface area contributed by atoms with Gasteiger partial charge in [0.05, 0.1) is 0 Å². The van der Waals surface area contributed by atoms with E-state index in [1.165, 1.54) is 11.3 Å². The van der Waals surface area contributed by atoms with Crippen LogP contribution in [0.4, 0.5) is 0 Å². The van der Waals surface area contributed by atoms with Crippen LogP contribution < -0.4 is 0 Å². The van der Waals surface area contributed by atoms with Crippen LogP contribution in [-0.2, 0) is 6.42 Å². The number of fused-ring (bicyclic) bond motifs is 1. The minimum absolute atomic E-state index is 0.583. The first kappa shape index (κ1) is 9.78. The maximum atomic E-state index is 3.37. The maximum absolute atomic E-state index is 3.37. The zero-order valence-electron chi connectivity index (χ0n) is 9.54. The fraction of sp³-hybridized carbons (Fsp3) is 0.667. The number of nitrogens with zero attached hydrogens (tertiary/aromatic N) is 1. The van der Waals surface area contributed by atoms with E-state index >= 15 is 0 Å². The Kier molecular flexibility index (Phi) is 2.40. The van der Waals surface area contributed by atoms with E-state index in [-0.39, 0.29) is 0 Å². The van der Waals surface area contributed by atoms with Crippen molar-refractivity contribution in [1.82, 2.24) is 9.88 Å². The lowest BCUT2D eigenvalue weighted by molar-refractivity contribution is 0.128. The van der Waals surface area contributed by atoms with Gasteiger partial charge in [0, 0.05) is 30.4 Å². The van der Waals surface area contributed by atoms with E-state index in [9.17, 15) is 0 Å². The molecule has 0 radical (unpaired) electrons. The number of hydrogen-bond acceptors (Lipinski definition) is 1. The van der Waals surface area contributed by atoms with E-state index in [1.54, 1.807) is 0 Å². The minimum atomic E-state index is 0.583. The Balaban J connectivity index is 2.40. The van der Waals surface area contributed by atoms with Crippen molar-refractivity contribution >= 4 is 0 Å². The summed E-state index contributed by atoms with van der Waals surface area (Å²) in [6.07, 6.45) is 3.23. The number of H-pyrrole nitrogens is 1. The monoisotopic (exact) mass is 192 g/mol. The molecular formula is C12H20N2. The van der Waals surface area contributed by atoms with Crippen LogP contribution in [0.3, 0.4) is 0 Å². The molecule has 1 N–H and O–H groups in total. The molecule has 0 bridgehead atoms. The van der Waals surface area contributed by atoms with Crippen LogP contribution in [0, 0.1) is 5.92 Å². The van der Waals surface area contributed by atoms with Crippen LogP contribution in [0.15, 0.2) is 12.3 Å². The van der Waals surface area contributed by atoms with E-state index in [0.29, 0.717) is 18.0 Å². The third kappa shape index (κ3) is 1.38. The third-order valence-electron chi connectivity index (χ3n) is 3.45. The van der Waals surface area contributed by atoms with Gasteiger partial charge in [-0.3, -0.25) is 4.90 Å². The van der Waals surface area contributed by atoms with Gasteiger partial charge in [-0.25, -0.2) is 0 Å². The van der Waals surface area contributed by atoms with Gasteiger partial charge in [0.15, 0.2) is 0 Å². The second-order valence-corrected chi connectivity index (χ2v) is 4.82. The Bertz CT molecular complexity index is 314. The molecule has 2 heteroatoms. The highest BCUT2D eigenvalue weighted by atomic mass is 15.2. The predicted molar refractivity (Wildman–Crippen MR) is 59.3 cm³/mol. The molecule has 1 aliphatic rings. The summed E-state index contributed by atoms with van der Waals surface area (Å²) in [5.74, 6) is 0.678. The molecule has 14 heavy (non-hydrogen) atoms. The van der Waals surface area contributed by atoms with Crippen molar-refractivity contribution in [3.05, 3.63) is 23.5 Å². The molecule has 0 amide bonds. The number of likely N-dealkylation sites (N-methyl/N-ethyl adjacent to an activating group) is 1. The molecule has 1 aromatic heterocycles. The first-order valence-corrected chi connectivity index (χ1v) is 5.49. The Morgan fingerprint density at radius 1 is 1.50 bits per heavy atom. The molecule has 0 saturated heterocycles. The van der Waals surface area contributed by atoms with Crippen LogP contribution in [0.25, 0.3) is 0 Å². The quantitative estimate of drug-likeness (QED) is 0.724. The van der Waals surface area contributed by atoms with Crippen molar-refractivity contribution in [1.29, 1.82) is 0 Å². The zero-order chi connectivity index (χ0) is 10.3. The van der Waals surface area contributed by atoms with Gasteiger partial charge < -0.3 is 4.98 Å². The SMILES string of the molecule is CC(C)C1c2cc[nH]c2CC(C)N1C. The lowest BCUT2D eigenvalue weighted by Gasteiger charge is -2.40. The fourth-order valence-corrected chi connectivity index (χ4v) is 2.63. The largest absolute Gasteiger partial charge is 0.365 e. The molecule has 2 rings (SSSR count). The minimum Gasteiger partial charge on any atom is -0.365 e. The van der Waals surface area contributed by atoms with Gasteiger partial charge in [0.1, 0.15) is 0 Å². The third-order valence-corrected chi connectivity index (χ3v) is 3.45. The van der Waals surface area contributed by atoms with Gasteiger partial charge in [-0.1, -0.05) is 13.8 Å². The van der Waals surface area contributed by atoms with Gasteiger partial charge >= 0.3 is 0 Å². The van der Waals surface area contributed by atoms with E-state index in [2.05, 4.69) is 50.0 Å². The predicted octanol–water partition coefficient (Wildman–Crippen LogP) is 2.59. The summed E-state index contributed by atoms with van der Waals surface area (Å²) in [4.78, 5) is 5.87. The first-order valence-electron chi connectivity index (χ1n) is 5.49. The second-order valence-electron chi connectivity index (χ2n) is 4.82. The highest BCUT2D eigenvalue weighted by Crippen LogP contribution is 2.35. The van der Waals surface area contributed by atoms with E-state index in [1.807, 2.05) is 0 Å². The summed E-state index contributed by atoms with van der Waals surface area (Å²) >= 11 is 0. The van der Waals surface area contributed by atoms with E-state index in [0.717, 1.165) is 6.42 Å². The molecule has 78 valence electrons. The van der Waals surface area contributed by atoms with Crippen molar-refractivity contribution in [3.8, 4) is 0 Å². The van der Waals surface area contributed by atoms with Crippen LogP contribution >= 0.6 is 0 Å². The molecule has 2 nitrogen and oxygen atoms in total. The van der Waals surface area contributed by atoms with Gasteiger partial charge in [-0.15, -0.1) is 0 Å². The van der Waals surface area contributed by atoms with Gasteiger partial charge in [0.25, 0.3) is 0 Å². The lowest BCUT2D eigenvalue weighted by atomic mass is 9.88. The Morgan fingerprint density at radius 2 is 2.21 bits per heavy atom. The number of rotatable bonds is 1.